The molecule has 0 fully saturated rings. The van der Waals surface area contributed by atoms with Crippen LogP contribution in [0.25, 0.3) is 0 Å². The largest absolute Gasteiger partial charge is 0.326 e. The highest BCUT2D eigenvalue weighted by Crippen LogP contribution is 2.11. The molecule has 0 aliphatic carbocycles. The minimum atomic E-state index is 0.593. The Morgan fingerprint density at radius 3 is 2.75 bits per heavy atom. The molecule has 2 heteroatoms. The van der Waals surface area contributed by atoms with Crippen LogP contribution in [0.15, 0.2) is 18.5 Å². The van der Waals surface area contributed by atoms with Crippen molar-refractivity contribution in [3.63, 3.8) is 0 Å². The Kier molecular flexibility index (Phi) is 3.23. The molecule has 2 nitrogen and oxygen atoms in total. The van der Waals surface area contributed by atoms with E-state index >= 15 is 0 Å². The molecule has 0 aliphatic heterocycles. The van der Waals surface area contributed by atoms with Crippen LogP contribution in [0.3, 0.4) is 0 Å². The minimum Gasteiger partial charge on any atom is -0.326 e. The van der Waals surface area contributed by atoms with Gasteiger partial charge in [-0.2, -0.15) is 0 Å². The van der Waals surface area contributed by atoms with Gasteiger partial charge in [0.25, 0.3) is 0 Å². The molecule has 0 saturated heterocycles. The van der Waals surface area contributed by atoms with Gasteiger partial charge in [-0.15, -0.1) is 0 Å². The van der Waals surface area contributed by atoms with Crippen molar-refractivity contribution in [1.82, 2.24) is 4.98 Å². The van der Waals surface area contributed by atoms with Crippen LogP contribution in [0, 0.1) is 5.92 Å². The number of rotatable bonds is 3. The first-order valence-electron chi connectivity index (χ1n) is 4.36. The van der Waals surface area contributed by atoms with Crippen LogP contribution in [0.5, 0.6) is 0 Å². The average Bonchev–Trinajstić information content (AvgIpc) is 2.04. The van der Waals surface area contributed by atoms with E-state index in [1.54, 1.807) is 0 Å². The van der Waals surface area contributed by atoms with Gasteiger partial charge in [-0.3, -0.25) is 4.98 Å². The third-order valence-electron chi connectivity index (χ3n) is 1.85. The molecule has 0 amide bonds. The first-order valence-corrected chi connectivity index (χ1v) is 4.36. The number of aromatic nitrogens is 1. The summed E-state index contributed by atoms with van der Waals surface area (Å²) in [5, 5.41) is 0. The standard InChI is InChI=1S/C10H16N2/c1-8(2)5-9-3-4-12-7-10(9)6-11/h3-4,7-8H,5-6,11H2,1-2H3. The maximum absolute atomic E-state index is 5.59. The van der Waals surface area contributed by atoms with Crippen LogP contribution in [0.4, 0.5) is 0 Å². The van der Waals surface area contributed by atoms with Crippen molar-refractivity contribution in [2.24, 2.45) is 11.7 Å². The van der Waals surface area contributed by atoms with Gasteiger partial charge in [-0.25, -0.2) is 0 Å². The lowest BCUT2D eigenvalue weighted by Crippen LogP contribution is -2.04. The third kappa shape index (κ3) is 2.31. The molecule has 0 spiro atoms. The Bertz CT molecular complexity index is 243. The number of hydrogen-bond acceptors (Lipinski definition) is 2. The summed E-state index contributed by atoms with van der Waals surface area (Å²) in [7, 11) is 0. The SMILES string of the molecule is CC(C)Cc1ccncc1CN. The highest BCUT2D eigenvalue weighted by molar-refractivity contribution is 5.23. The smallest absolute Gasteiger partial charge is 0.0315 e. The fourth-order valence-corrected chi connectivity index (χ4v) is 1.28. The van der Waals surface area contributed by atoms with E-state index in [0.717, 1.165) is 6.42 Å². The number of pyridine rings is 1. The van der Waals surface area contributed by atoms with Crippen molar-refractivity contribution < 1.29 is 0 Å². The van der Waals surface area contributed by atoms with Gasteiger partial charge in [0.05, 0.1) is 0 Å². The summed E-state index contributed by atoms with van der Waals surface area (Å²) in [6.45, 7) is 5.01. The van der Waals surface area contributed by atoms with Gasteiger partial charge >= 0.3 is 0 Å². The van der Waals surface area contributed by atoms with Gasteiger partial charge in [-0.1, -0.05) is 13.8 Å². The second-order valence-electron chi connectivity index (χ2n) is 3.45. The van der Waals surface area contributed by atoms with Crippen molar-refractivity contribution in [3.05, 3.63) is 29.6 Å². The summed E-state index contributed by atoms with van der Waals surface area (Å²) in [5.41, 5.74) is 8.09. The Morgan fingerprint density at radius 1 is 1.42 bits per heavy atom. The summed E-state index contributed by atoms with van der Waals surface area (Å²) in [4.78, 5) is 4.04. The van der Waals surface area contributed by atoms with Crippen molar-refractivity contribution >= 4 is 0 Å². The quantitative estimate of drug-likeness (QED) is 0.739. The van der Waals surface area contributed by atoms with Crippen molar-refractivity contribution in [2.45, 2.75) is 26.8 Å². The molecule has 1 aromatic rings. The minimum absolute atomic E-state index is 0.593. The molecular weight excluding hydrogens is 148 g/mol. The second kappa shape index (κ2) is 4.21. The Balaban J connectivity index is 2.82. The fourth-order valence-electron chi connectivity index (χ4n) is 1.28. The van der Waals surface area contributed by atoms with Crippen LogP contribution < -0.4 is 5.73 Å². The predicted octanol–water partition coefficient (Wildman–Crippen LogP) is 1.74. The summed E-state index contributed by atoms with van der Waals surface area (Å²) >= 11 is 0. The van der Waals surface area contributed by atoms with Gasteiger partial charge in [0.15, 0.2) is 0 Å². The lowest BCUT2D eigenvalue weighted by molar-refractivity contribution is 0.642. The van der Waals surface area contributed by atoms with Gasteiger partial charge in [0.2, 0.25) is 0 Å². The molecule has 12 heavy (non-hydrogen) atoms. The first kappa shape index (κ1) is 9.20. The highest BCUT2D eigenvalue weighted by atomic mass is 14.6. The van der Waals surface area contributed by atoms with Crippen molar-refractivity contribution in [2.75, 3.05) is 0 Å². The molecule has 0 aliphatic rings. The molecule has 0 bridgehead atoms. The van der Waals surface area contributed by atoms with Crippen molar-refractivity contribution in [1.29, 1.82) is 0 Å². The zero-order valence-corrected chi connectivity index (χ0v) is 7.75. The number of nitrogens with zero attached hydrogens (tertiary/aromatic N) is 1. The second-order valence-corrected chi connectivity index (χ2v) is 3.45. The fraction of sp³-hybridized carbons (Fsp3) is 0.500. The lowest BCUT2D eigenvalue weighted by atomic mass is 10.00. The third-order valence-corrected chi connectivity index (χ3v) is 1.85. The van der Waals surface area contributed by atoms with Crippen LogP contribution in [0.2, 0.25) is 0 Å². The van der Waals surface area contributed by atoms with E-state index < -0.39 is 0 Å². The molecule has 0 atom stereocenters. The first-order chi connectivity index (χ1) is 5.74. The van der Waals surface area contributed by atoms with E-state index in [0.29, 0.717) is 12.5 Å². The highest BCUT2D eigenvalue weighted by Gasteiger charge is 2.02. The van der Waals surface area contributed by atoms with Gasteiger partial charge in [0.1, 0.15) is 0 Å². The van der Waals surface area contributed by atoms with Crippen molar-refractivity contribution in [3.8, 4) is 0 Å². The zero-order chi connectivity index (χ0) is 8.97. The molecular formula is C10H16N2. The Labute approximate surface area is 73.8 Å². The van der Waals surface area contributed by atoms with E-state index in [4.69, 9.17) is 5.73 Å². The lowest BCUT2D eigenvalue weighted by Gasteiger charge is -2.08. The molecule has 1 heterocycles. The molecule has 2 N–H and O–H groups in total. The zero-order valence-electron chi connectivity index (χ0n) is 7.75. The molecule has 0 radical (unpaired) electrons. The summed E-state index contributed by atoms with van der Waals surface area (Å²) < 4.78 is 0. The van der Waals surface area contributed by atoms with E-state index in [2.05, 4.69) is 24.9 Å². The maximum atomic E-state index is 5.59. The molecule has 0 unspecified atom stereocenters. The van der Waals surface area contributed by atoms with Crippen LogP contribution in [0.1, 0.15) is 25.0 Å². The summed E-state index contributed by atoms with van der Waals surface area (Å²) in [6.07, 6.45) is 4.78. The van der Waals surface area contributed by atoms with E-state index in [1.807, 2.05) is 12.4 Å². The molecule has 1 rings (SSSR count). The average molecular weight is 164 g/mol. The van der Waals surface area contributed by atoms with Crippen LogP contribution in [-0.2, 0) is 13.0 Å². The maximum Gasteiger partial charge on any atom is 0.0315 e. The van der Waals surface area contributed by atoms with Gasteiger partial charge < -0.3 is 5.73 Å². The molecule has 0 saturated carbocycles. The van der Waals surface area contributed by atoms with E-state index in [9.17, 15) is 0 Å². The van der Waals surface area contributed by atoms with E-state index in [1.165, 1.54) is 11.1 Å². The number of hydrogen-bond donors (Lipinski definition) is 1. The summed E-state index contributed by atoms with van der Waals surface area (Å²) in [6, 6.07) is 2.06. The van der Waals surface area contributed by atoms with Gasteiger partial charge in [-0.05, 0) is 29.5 Å². The topological polar surface area (TPSA) is 38.9 Å². The predicted molar refractivity (Wildman–Crippen MR) is 50.7 cm³/mol. The number of nitrogens with two attached hydrogens (primary N) is 1. The Hall–Kier alpha value is -0.890. The van der Waals surface area contributed by atoms with Crippen LogP contribution in [-0.4, -0.2) is 4.98 Å². The van der Waals surface area contributed by atoms with Gasteiger partial charge in [0, 0.05) is 18.9 Å². The molecule has 0 aromatic carbocycles. The molecule has 66 valence electrons. The summed E-state index contributed by atoms with van der Waals surface area (Å²) in [5.74, 6) is 0.678. The monoisotopic (exact) mass is 164 g/mol. The molecule has 1 aromatic heterocycles. The van der Waals surface area contributed by atoms with Crippen LogP contribution >= 0.6 is 0 Å². The normalized spacial score (nSPS) is 10.7. The van der Waals surface area contributed by atoms with E-state index in [-0.39, 0.29) is 0 Å². The Morgan fingerprint density at radius 2 is 2.17 bits per heavy atom.